The summed E-state index contributed by atoms with van der Waals surface area (Å²) in [6.45, 7) is -2.44. The standard InChI is InChI=1S/C15H17ClF3N5/c1-20-15(22-8-13-21-6-7-24(13)14(18)19)23(2)9-10-11(16)4-3-5-12(10)17/h3-7,14H,8-9H2,1-2H3,(H,20,22). The van der Waals surface area contributed by atoms with E-state index in [0.29, 0.717) is 16.5 Å². The zero-order chi connectivity index (χ0) is 17.7. The van der Waals surface area contributed by atoms with Crippen molar-refractivity contribution < 1.29 is 13.2 Å². The third-order valence-electron chi connectivity index (χ3n) is 3.39. The molecule has 0 fully saturated rings. The van der Waals surface area contributed by atoms with Crippen molar-refractivity contribution >= 4 is 17.6 Å². The van der Waals surface area contributed by atoms with E-state index >= 15 is 0 Å². The van der Waals surface area contributed by atoms with Crippen LogP contribution in [-0.4, -0.2) is 34.5 Å². The van der Waals surface area contributed by atoms with Crippen LogP contribution >= 0.6 is 11.6 Å². The van der Waals surface area contributed by atoms with Gasteiger partial charge >= 0.3 is 6.55 Å². The highest BCUT2D eigenvalue weighted by molar-refractivity contribution is 6.31. The molecule has 1 N–H and O–H groups in total. The van der Waals surface area contributed by atoms with E-state index in [1.807, 2.05) is 0 Å². The van der Waals surface area contributed by atoms with Crippen LogP contribution < -0.4 is 5.32 Å². The molecular weight excluding hydrogens is 343 g/mol. The first-order valence-electron chi connectivity index (χ1n) is 7.08. The van der Waals surface area contributed by atoms with Crippen LogP contribution in [0.5, 0.6) is 0 Å². The Balaban J connectivity index is 2.04. The maximum absolute atomic E-state index is 13.9. The molecule has 1 heterocycles. The van der Waals surface area contributed by atoms with E-state index in [1.54, 1.807) is 25.1 Å². The van der Waals surface area contributed by atoms with Gasteiger partial charge in [-0.05, 0) is 12.1 Å². The van der Waals surface area contributed by atoms with E-state index < -0.39 is 12.4 Å². The molecule has 24 heavy (non-hydrogen) atoms. The number of halogens is 4. The minimum absolute atomic E-state index is 0.0549. The largest absolute Gasteiger partial charge is 0.349 e. The number of aliphatic imine (C=N–C) groups is 1. The lowest BCUT2D eigenvalue weighted by molar-refractivity contribution is 0.0668. The summed E-state index contributed by atoms with van der Waals surface area (Å²) in [4.78, 5) is 9.58. The summed E-state index contributed by atoms with van der Waals surface area (Å²) >= 11 is 6.01. The van der Waals surface area contributed by atoms with Gasteiger partial charge in [0.1, 0.15) is 11.6 Å². The number of imidazole rings is 1. The summed E-state index contributed by atoms with van der Waals surface area (Å²) in [5, 5.41) is 3.23. The molecule has 130 valence electrons. The number of guanidine groups is 1. The highest BCUT2D eigenvalue weighted by Crippen LogP contribution is 2.20. The summed E-state index contributed by atoms with van der Waals surface area (Å²) in [5.74, 6) is 0.152. The maximum Gasteiger partial charge on any atom is 0.319 e. The van der Waals surface area contributed by atoms with E-state index in [1.165, 1.54) is 24.5 Å². The van der Waals surface area contributed by atoms with Gasteiger partial charge in [0.2, 0.25) is 0 Å². The Hall–Kier alpha value is -2.22. The van der Waals surface area contributed by atoms with Crippen LogP contribution in [0.1, 0.15) is 17.9 Å². The van der Waals surface area contributed by atoms with Crippen LogP contribution in [0.4, 0.5) is 13.2 Å². The monoisotopic (exact) mass is 359 g/mol. The van der Waals surface area contributed by atoms with Crippen molar-refractivity contribution in [3.8, 4) is 0 Å². The number of alkyl halides is 2. The molecule has 0 aliphatic heterocycles. The van der Waals surface area contributed by atoms with Crippen LogP contribution in [0.25, 0.3) is 0 Å². The van der Waals surface area contributed by atoms with Crippen molar-refractivity contribution in [2.24, 2.45) is 4.99 Å². The van der Waals surface area contributed by atoms with Gasteiger partial charge in [0, 0.05) is 43.6 Å². The maximum atomic E-state index is 13.9. The third-order valence-corrected chi connectivity index (χ3v) is 3.75. The van der Waals surface area contributed by atoms with Crippen molar-refractivity contribution in [1.29, 1.82) is 0 Å². The Morgan fingerprint density at radius 2 is 2.21 bits per heavy atom. The van der Waals surface area contributed by atoms with Crippen molar-refractivity contribution in [3.05, 3.63) is 52.8 Å². The zero-order valence-electron chi connectivity index (χ0n) is 13.2. The third kappa shape index (κ3) is 4.19. The number of nitrogens with zero attached hydrogens (tertiary/aromatic N) is 4. The fourth-order valence-electron chi connectivity index (χ4n) is 2.20. The molecule has 0 amide bonds. The van der Waals surface area contributed by atoms with Gasteiger partial charge in [0.05, 0.1) is 6.54 Å². The topological polar surface area (TPSA) is 45.5 Å². The number of nitrogens with one attached hydrogen (secondary N) is 1. The molecule has 0 unspecified atom stereocenters. The van der Waals surface area contributed by atoms with Gasteiger partial charge < -0.3 is 10.2 Å². The van der Waals surface area contributed by atoms with Crippen molar-refractivity contribution in [1.82, 2.24) is 19.8 Å². The average Bonchev–Trinajstić information content (AvgIpc) is 3.00. The Morgan fingerprint density at radius 1 is 1.46 bits per heavy atom. The number of benzene rings is 1. The molecular formula is C15H17ClF3N5. The fourth-order valence-corrected chi connectivity index (χ4v) is 2.42. The fraction of sp³-hybridized carbons (Fsp3) is 0.333. The molecule has 2 rings (SSSR count). The van der Waals surface area contributed by atoms with Crippen molar-refractivity contribution in [2.75, 3.05) is 14.1 Å². The van der Waals surface area contributed by atoms with Crippen LogP contribution in [0.2, 0.25) is 5.02 Å². The SMILES string of the molecule is CN=C(NCc1nccn1C(F)F)N(C)Cc1c(F)cccc1Cl. The van der Waals surface area contributed by atoms with E-state index in [9.17, 15) is 13.2 Å². The Labute approximate surface area is 142 Å². The molecule has 0 spiro atoms. The first kappa shape index (κ1) is 18.1. The van der Waals surface area contributed by atoms with E-state index in [2.05, 4.69) is 15.3 Å². The van der Waals surface area contributed by atoms with E-state index in [-0.39, 0.29) is 18.9 Å². The average molecular weight is 360 g/mol. The highest BCUT2D eigenvalue weighted by Gasteiger charge is 2.15. The molecule has 5 nitrogen and oxygen atoms in total. The molecule has 0 radical (unpaired) electrons. The van der Waals surface area contributed by atoms with Crippen LogP contribution in [0, 0.1) is 5.82 Å². The molecule has 1 aromatic heterocycles. The lowest BCUT2D eigenvalue weighted by atomic mass is 10.2. The van der Waals surface area contributed by atoms with Gasteiger partial charge in [-0.2, -0.15) is 8.78 Å². The summed E-state index contributed by atoms with van der Waals surface area (Å²) < 4.78 is 40.2. The molecule has 0 saturated carbocycles. The van der Waals surface area contributed by atoms with Gasteiger partial charge in [-0.25, -0.2) is 9.37 Å². The molecule has 9 heteroatoms. The Kier molecular flexibility index (Phi) is 6.08. The predicted octanol–water partition coefficient (Wildman–Crippen LogP) is 3.28. The van der Waals surface area contributed by atoms with E-state index in [0.717, 1.165) is 4.57 Å². The van der Waals surface area contributed by atoms with Crippen LogP contribution in [0.15, 0.2) is 35.6 Å². The van der Waals surface area contributed by atoms with E-state index in [4.69, 9.17) is 11.6 Å². The molecule has 0 atom stereocenters. The summed E-state index contributed by atoms with van der Waals surface area (Å²) in [6.07, 6.45) is 2.50. The van der Waals surface area contributed by atoms with Gasteiger partial charge in [0.15, 0.2) is 5.96 Å². The number of aromatic nitrogens is 2. The van der Waals surface area contributed by atoms with Crippen molar-refractivity contribution in [2.45, 2.75) is 19.6 Å². The summed E-state index contributed by atoms with van der Waals surface area (Å²) in [5.41, 5.74) is 0.332. The first-order valence-corrected chi connectivity index (χ1v) is 7.46. The predicted molar refractivity (Wildman–Crippen MR) is 86.6 cm³/mol. The first-order chi connectivity index (χ1) is 11.4. The minimum atomic E-state index is -2.67. The number of hydrogen-bond donors (Lipinski definition) is 1. The smallest absolute Gasteiger partial charge is 0.319 e. The number of rotatable bonds is 5. The highest BCUT2D eigenvalue weighted by atomic mass is 35.5. The second-order valence-corrected chi connectivity index (χ2v) is 5.39. The Bertz CT molecular complexity index is 697. The molecule has 0 bridgehead atoms. The van der Waals surface area contributed by atoms with Crippen LogP contribution in [-0.2, 0) is 13.1 Å². The molecule has 0 saturated heterocycles. The second kappa shape index (κ2) is 8.05. The van der Waals surface area contributed by atoms with Gasteiger partial charge in [-0.3, -0.25) is 9.56 Å². The summed E-state index contributed by atoms with van der Waals surface area (Å²) in [7, 11) is 3.24. The minimum Gasteiger partial charge on any atom is -0.349 e. The molecule has 1 aromatic carbocycles. The zero-order valence-corrected chi connectivity index (χ0v) is 13.9. The lowest BCUT2D eigenvalue weighted by Crippen LogP contribution is -2.38. The molecule has 0 aliphatic carbocycles. The van der Waals surface area contributed by atoms with Gasteiger partial charge in [0.25, 0.3) is 0 Å². The lowest BCUT2D eigenvalue weighted by Gasteiger charge is -2.23. The number of hydrogen-bond acceptors (Lipinski definition) is 2. The normalized spacial score (nSPS) is 11.9. The molecule has 2 aromatic rings. The summed E-state index contributed by atoms with van der Waals surface area (Å²) in [6, 6.07) is 4.45. The Morgan fingerprint density at radius 3 is 2.83 bits per heavy atom. The van der Waals surface area contributed by atoms with Crippen LogP contribution in [0.3, 0.4) is 0 Å². The van der Waals surface area contributed by atoms with Gasteiger partial charge in [-0.15, -0.1) is 0 Å². The second-order valence-electron chi connectivity index (χ2n) is 4.99. The quantitative estimate of drug-likeness (QED) is 0.658. The molecule has 0 aliphatic rings. The van der Waals surface area contributed by atoms with Gasteiger partial charge in [-0.1, -0.05) is 17.7 Å². The van der Waals surface area contributed by atoms with Crippen molar-refractivity contribution in [3.63, 3.8) is 0 Å².